The summed E-state index contributed by atoms with van der Waals surface area (Å²) in [6.45, 7) is 2.34. The highest BCUT2D eigenvalue weighted by Gasteiger charge is 2.13. The number of nitrogens with one attached hydrogen (secondary N) is 1. The fraction of sp³-hybridized carbons (Fsp3) is 0.130. The maximum absolute atomic E-state index is 13.0. The van der Waals surface area contributed by atoms with E-state index in [-0.39, 0.29) is 23.7 Å². The van der Waals surface area contributed by atoms with Crippen LogP contribution in [-0.2, 0) is 17.9 Å². The normalized spacial score (nSPS) is 11.1. The van der Waals surface area contributed by atoms with E-state index in [2.05, 4.69) is 5.32 Å². The molecule has 4 aromatic rings. The van der Waals surface area contributed by atoms with Crippen LogP contribution in [0.15, 0.2) is 71.5 Å². The number of pyridine rings is 1. The first-order valence-electron chi connectivity index (χ1n) is 9.06. The zero-order valence-corrected chi connectivity index (χ0v) is 15.4. The van der Waals surface area contributed by atoms with Crippen molar-refractivity contribution in [2.24, 2.45) is 0 Å². The highest BCUT2D eigenvalue weighted by atomic mass is 19.1. The Morgan fingerprint density at radius 2 is 1.68 bits per heavy atom. The molecule has 4 rings (SSSR count). The zero-order valence-electron chi connectivity index (χ0n) is 15.4. The van der Waals surface area contributed by atoms with Gasteiger partial charge in [0.25, 0.3) is 0 Å². The van der Waals surface area contributed by atoms with Crippen LogP contribution >= 0.6 is 0 Å². The van der Waals surface area contributed by atoms with Crippen molar-refractivity contribution in [2.75, 3.05) is 0 Å². The lowest BCUT2D eigenvalue weighted by Gasteiger charge is -2.15. The summed E-state index contributed by atoms with van der Waals surface area (Å²) in [6, 6.07) is 19.0. The van der Waals surface area contributed by atoms with Gasteiger partial charge in [-0.3, -0.25) is 9.59 Å². The van der Waals surface area contributed by atoms with Crippen molar-refractivity contribution in [3.05, 3.63) is 93.9 Å². The number of carbonyl (C=O) groups excluding carboxylic acids is 1. The minimum atomic E-state index is -0.309. The van der Waals surface area contributed by atoms with Crippen LogP contribution in [0.1, 0.15) is 11.1 Å². The van der Waals surface area contributed by atoms with Crippen molar-refractivity contribution in [1.29, 1.82) is 0 Å². The van der Waals surface area contributed by atoms with E-state index in [1.807, 2.05) is 47.9 Å². The van der Waals surface area contributed by atoms with Crippen LogP contribution < -0.4 is 10.7 Å². The number of nitrogens with zero attached hydrogens (tertiary/aromatic N) is 1. The molecule has 0 aliphatic heterocycles. The van der Waals surface area contributed by atoms with Crippen LogP contribution in [0.25, 0.3) is 21.8 Å². The molecular formula is C23H19FN2O2. The van der Waals surface area contributed by atoms with Gasteiger partial charge in [-0.1, -0.05) is 35.9 Å². The van der Waals surface area contributed by atoms with Gasteiger partial charge in [-0.05, 0) is 48.9 Å². The number of halogens is 1. The number of rotatable bonds is 4. The minimum absolute atomic E-state index is 0.0303. The van der Waals surface area contributed by atoms with Crippen molar-refractivity contribution in [1.82, 2.24) is 9.88 Å². The van der Waals surface area contributed by atoms with E-state index >= 15 is 0 Å². The number of aryl methyl sites for hydroxylation is 1. The number of hydrogen-bond acceptors (Lipinski definition) is 2. The maximum atomic E-state index is 13.0. The largest absolute Gasteiger partial charge is 0.350 e. The molecule has 1 aromatic heterocycles. The molecule has 0 unspecified atom stereocenters. The molecule has 1 heterocycles. The van der Waals surface area contributed by atoms with E-state index in [4.69, 9.17) is 0 Å². The minimum Gasteiger partial charge on any atom is -0.350 e. The second-order valence-corrected chi connectivity index (χ2v) is 6.86. The number of carbonyl (C=O) groups is 1. The number of para-hydroxylation sites is 1. The number of aromatic nitrogens is 1. The van der Waals surface area contributed by atoms with Crippen molar-refractivity contribution in [3.8, 4) is 0 Å². The first-order chi connectivity index (χ1) is 13.5. The Kier molecular flexibility index (Phi) is 4.65. The lowest BCUT2D eigenvalue weighted by molar-refractivity contribution is -0.121. The van der Waals surface area contributed by atoms with Crippen molar-refractivity contribution in [2.45, 2.75) is 20.0 Å². The quantitative estimate of drug-likeness (QED) is 0.551. The van der Waals surface area contributed by atoms with E-state index in [0.717, 1.165) is 22.2 Å². The Morgan fingerprint density at radius 3 is 2.46 bits per heavy atom. The topological polar surface area (TPSA) is 51.1 Å². The lowest BCUT2D eigenvalue weighted by Crippen LogP contribution is -2.28. The Bertz CT molecular complexity index is 1240. The van der Waals surface area contributed by atoms with Crippen LogP contribution in [0.5, 0.6) is 0 Å². The zero-order chi connectivity index (χ0) is 19.7. The van der Waals surface area contributed by atoms with Gasteiger partial charge in [0.05, 0.1) is 11.0 Å². The maximum Gasteiger partial charge on any atom is 0.240 e. The summed E-state index contributed by atoms with van der Waals surface area (Å²) in [6.07, 6.45) is 0. The first-order valence-corrected chi connectivity index (χ1v) is 9.06. The van der Waals surface area contributed by atoms with E-state index in [0.29, 0.717) is 17.3 Å². The number of benzene rings is 3. The van der Waals surface area contributed by atoms with Crippen LogP contribution in [-0.4, -0.2) is 10.5 Å². The van der Waals surface area contributed by atoms with Crippen LogP contribution in [0.3, 0.4) is 0 Å². The van der Waals surface area contributed by atoms with E-state index in [1.54, 1.807) is 18.2 Å². The monoisotopic (exact) mass is 374 g/mol. The summed E-state index contributed by atoms with van der Waals surface area (Å²) < 4.78 is 14.9. The van der Waals surface area contributed by atoms with Crippen molar-refractivity contribution < 1.29 is 9.18 Å². The van der Waals surface area contributed by atoms with Gasteiger partial charge in [-0.25, -0.2) is 4.39 Å². The van der Waals surface area contributed by atoms with Crippen LogP contribution in [0.2, 0.25) is 0 Å². The number of hydrogen-bond donors (Lipinski definition) is 1. The van der Waals surface area contributed by atoms with E-state index < -0.39 is 0 Å². The average Bonchev–Trinajstić information content (AvgIpc) is 2.71. The highest BCUT2D eigenvalue weighted by Crippen LogP contribution is 2.20. The Morgan fingerprint density at radius 1 is 0.964 bits per heavy atom. The van der Waals surface area contributed by atoms with Gasteiger partial charge in [-0.2, -0.15) is 0 Å². The molecule has 28 heavy (non-hydrogen) atoms. The molecule has 0 saturated carbocycles. The third kappa shape index (κ3) is 3.39. The molecule has 140 valence electrons. The SMILES string of the molecule is Cc1ccc2c(c1)c(=O)c1ccccc1n2CC(=O)NCc1ccc(F)cc1. The molecule has 0 atom stereocenters. The lowest BCUT2D eigenvalue weighted by atomic mass is 10.1. The van der Waals surface area contributed by atoms with Gasteiger partial charge >= 0.3 is 0 Å². The van der Waals surface area contributed by atoms with Crippen LogP contribution in [0.4, 0.5) is 4.39 Å². The summed E-state index contributed by atoms with van der Waals surface area (Å²) >= 11 is 0. The van der Waals surface area contributed by atoms with Gasteiger partial charge in [0.1, 0.15) is 12.4 Å². The standard InChI is InChI=1S/C23H19FN2O2/c1-15-6-11-21-19(12-15)23(28)18-4-2-3-5-20(18)26(21)14-22(27)25-13-16-7-9-17(24)10-8-16/h2-12H,13-14H2,1H3,(H,25,27). The molecule has 4 nitrogen and oxygen atoms in total. The number of amides is 1. The molecule has 1 N–H and O–H groups in total. The van der Waals surface area contributed by atoms with Gasteiger partial charge in [-0.15, -0.1) is 0 Å². The summed E-state index contributed by atoms with van der Waals surface area (Å²) in [5.41, 5.74) is 3.23. The second kappa shape index (κ2) is 7.27. The highest BCUT2D eigenvalue weighted by molar-refractivity contribution is 5.95. The fourth-order valence-corrected chi connectivity index (χ4v) is 3.42. The van der Waals surface area contributed by atoms with E-state index in [1.165, 1.54) is 12.1 Å². The molecule has 0 bridgehead atoms. The van der Waals surface area contributed by atoms with Gasteiger partial charge < -0.3 is 9.88 Å². The van der Waals surface area contributed by atoms with Crippen LogP contribution in [0, 0.1) is 12.7 Å². The average molecular weight is 374 g/mol. The predicted octanol–water partition coefficient (Wildman–Crippen LogP) is 3.92. The van der Waals surface area contributed by atoms with Crippen molar-refractivity contribution in [3.63, 3.8) is 0 Å². The predicted molar refractivity (Wildman–Crippen MR) is 109 cm³/mol. The third-order valence-electron chi connectivity index (χ3n) is 4.83. The fourth-order valence-electron chi connectivity index (χ4n) is 3.42. The molecule has 1 amide bonds. The molecule has 0 aliphatic rings. The van der Waals surface area contributed by atoms with Crippen molar-refractivity contribution >= 4 is 27.7 Å². The molecule has 0 saturated heterocycles. The smallest absolute Gasteiger partial charge is 0.240 e. The molecule has 3 aromatic carbocycles. The molecule has 0 spiro atoms. The Balaban J connectivity index is 1.70. The van der Waals surface area contributed by atoms with Gasteiger partial charge in [0.2, 0.25) is 5.91 Å². The molecule has 0 aliphatic carbocycles. The third-order valence-corrected chi connectivity index (χ3v) is 4.83. The Labute approximate surface area is 161 Å². The molecule has 0 fully saturated rings. The molecular weight excluding hydrogens is 355 g/mol. The second-order valence-electron chi connectivity index (χ2n) is 6.86. The number of fused-ring (bicyclic) bond motifs is 2. The molecule has 5 heteroatoms. The first kappa shape index (κ1) is 17.9. The Hall–Kier alpha value is -3.47. The molecule has 0 radical (unpaired) electrons. The van der Waals surface area contributed by atoms with Gasteiger partial charge in [0, 0.05) is 17.3 Å². The van der Waals surface area contributed by atoms with Gasteiger partial charge in [0.15, 0.2) is 5.43 Å². The summed E-state index contributed by atoms with van der Waals surface area (Å²) in [4.78, 5) is 25.5. The summed E-state index contributed by atoms with van der Waals surface area (Å²) in [7, 11) is 0. The van der Waals surface area contributed by atoms with E-state index in [9.17, 15) is 14.0 Å². The summed E-state index contributed by atoms with van der Waals surface area (Å²) in [5.74, 6) is -0.489. The summed E-state index contributed by atoms with van der Waals surface area (Å²) in [5, 5.41) is 4.05.